The van der Waals surface area contributed by atoms with Crippen LogP contribution in [-0.2, 0) is 0 Å². The van der Waals surface area contributed by atoms with Crippen molar-refractivity contribution in [1.82, 2.24) is 24.1 Å². The average Bonchev–Trinajstić information content (AvgIpc) is 1.58. The third-order valence-electron chi connectivity index (χ3n) is 18.7. The van der Waals surface area contributed by atoms with Crippen LogP contribution in [0.5, 0.6) is 0 Å². The average molecular weight is 1250 g/mol. The molecule has 0 aliphatic heterocycles. The van der Waals surface area contributed by atoms with Crippen molar-refractivity contribution in [2.24, 2.45) is 0 Å². The minimum atomic E-state index is 0.390. The molecule has 8 nitrogen and oxygen atoms in total. The van der Waals surface area contributed by atoms with Gasteiger partial charge >= 0.3 is 0 Å². The molecule has 0 radical (unpaired) electrons. The van der Waals surface area contributed by atoms with E-state index in [9.17, 15) is 15.8 Å². The van der Waals surface area contributed by atoms with E-state index in [1.54, 1.807) is 0 Å². The first kappa shape index (κ1) is 58.0. The maximum absolute atomic E-state index is 10.3. The van der Waals surface area contributed by atoms with Crippen molar-refractivity contribution in [3.8, 4) is 142 Å². The van der Waals surface area contributed by atoms with Crippen molar-refractivity contribution >= 4 is 43.6 Å². The van der Waals surface area contributed by atoms with Crippen LogP contribution in [0, 0.1) is 34.0 Å². The highest BCUT2D eigenvalue weighted by atomic mass is 15.1. The Kier molecular flexibility index (Phi) is 14.5. The van der Waals surface area contributed by atoms with Gasteiger partial charge in [0.25, 0.3) is 0 Å². The van der Waals surface area contributed by atoms with E-state index in [0.29, 0.717) is 45.3 Å². The Hall–Kier alpha value is -13.8. The van der Waals surface area contributed by atoms with Crippen LogP contribution in [0.2, 0.25) is 0 Å². The molecule has 0 unspecified atom stereocenters. The number of fused-ring (bicyclic) bond motifs is 6. The molecule has 0 bridgehead atoms. The number of rotatable bonds is 12. The molecule has 0 saturated heterocycles. The molecule has 3 aromatic heterocycles. The Balaban J connectivity index is 0.985. The Morgan fingerprint density at radius 3 is 0.816 bits per heavy atom. The van der Waals surface area contributed by atoms with Crippen LogP contribution < -0.4 is 0 Å². The van der Waals surface area contributed by atoms with Crippen molar-refractivity contribution in [3.05, 3.63) is 344 Å². The number of benzene rings is 14. The summed E-state index contributed by atoms with van der Waals surface area (Å²) in [6.07, 6.45) is 0. The summed E-state index contributed by atoms with van der Waals surface area (Å²) >= 11 is 0. The molecule has 454 valence electrons. The molecule has 0 fully saturated rings. The summed E-state index contributed by atoms with van der Waals surface area (Å²) in [6.45, 7) is 0. The molecular formula is C90H54N8. The number of aromatic nitrogens is 5. The number of nitriles is 3. The van der Waals surface area contributed by atoms with Gasteiger partial charge < -0.3 is 9.13 Å². The lowest BCUT2D eigenvalue weighted by Gasteiger charge is -2.19. The lowest BCUT2D eigenvalue weighted by Crippen LogP contribution is -2.06. The smallest absolute Gasteiger partial charge is 0.166 e. The Bertz CT molecular complexity index is 5630. The van der Waals surface area contributed by atoms with Gasteiger partial charge in [0.2, 0.25) is 0 Å². The summed E-state index contributed by atoms with van der Waals surface area (Å²) in [4.78, 5) is 17.3. The standard InChI is InChI=1S/C90H54N8/c91-55-58-18-15-29-65(46-58)71-38-44-86(97-82-40-34-67(61-21-5-1-6-22-61)49-76(82)77-50-68(35-41-83(77)97)62-23-7-2-8-24-62)80(53-71)89-94-88(75-33-14-13-32-74(75)73-31-17-20-60(48-73)57-93)95-90(96-89)81-54-72(66-30-16-19-59(47-66)56-92)39-45-87(81)98-84-42-36-69(63-25-9-3-10-26-63)51-78(84)79-52-70(37-43-85(79)98)64-27-11-4-12-28-64/h1-54H. The first-order chi connectivity index (χ1) is 48.4. The van der Waals surface area contributed by atoms with Gasteiger partial charge in [-0.2, -0.15) is 15.8 Å². The van der Waals surface area contributed by atoms with Crippen LogP contribution in [0.15, 0.2) is 328 Å². The predicted octanol–water partition coefficient (Wildman–Crippen LogP) is 22.4. The molecular weight excluding hydrogens is 1190 g/mol. The molecule has 17 rings (SSSR count). The zero-order chi connectivity index (χ0) is 65.6. The summed E-state index contributed by atoms with van der Waals surface area (Å²) < 4.78 is 4.67. The van der Waals surface area contributed by atoms with Crippen LogP contribution in [0.25, 0.3) is 167 Å². The molecule has 0 amide bonds. The zero-order valence-corrected chi connectivity index (χ0v) is 52.8. The van der Waals surface area contributed by atoms with Crippen LogP contribution in [-0.4, -0.2) is 24.1 Å². The Morgan fingerprint density at radius 2 is 0.469 bits per heavy atom. The quantitative estimate of drug-likeness (QED) is 0.120. The molecule has 98 heavy (non-hydrogen) atoms. The highest BCUT2D eigenvalue weighted by molar-refractivity contribution is 6.14. The SMILES string of the molecule is N#Cc1cccc(-c2ccc(-n3c4ccc(-c5ccccc5)cc4c4cc(-c5ccccc5)ccc43)c(-c3nc(-c4ccccc4-c4cccc(C#N)c4)nc(-c4cc(-c5cccc(C#N)c5)ccc4-n4c5ccc(-c6ccccc6)cc5c5cc(-c6ccccc6)ccc54)n3)c2)c1. The fourth-order valence-electron chi connectivity index (χ4n) is 13.9. The van der Waals surface area contributed by atoms with Crippen molar-refractivity contribution in [2.45, 2.75) is 0 Å². The maximum Gasteiger partial charge on any atom is 0.166 e. The molecule has 0 atom stereocenters. The molecule has 17 aromatic rings. The van der Waals surface area contributed by atoms with Crippen molar-refractivity contribution in [2.75, 3.05) is 0 Å². The summed E-state index contributed by atoms with van der Waals surface area (Å²) in [5, 5.41) is 35.3. The maximum atomic E-state index is 10.3. The van der Waals surface area contributed by atoms with E-state index < -0.39 is 0 Å². The molecule has 0 aliphatic rings. The van der Waals surface area contributed by atoms with Crippen LogP contribution in [0.4, 0.5) is 0 Å². The largest absolute Gasteiger partial charge is 0.308 e. The van der Waals surface area contributed by atoms with Gasteiger partial charge in [-0.15, -0.1) is 0 Å². The second-order valence-corrected chi connectivity index (χ2v) is 24.5. The molecule has 0 aliphatic carbocycles. The minimum Gasteiger partial charge on any atom is -0.308 e. The first-order valence-electron chi connectivity index (χ1n) is 32.5. The Morgan fingerprint density at radius 1 is 0.204 bits per heavy atom. The summed E-state index contributed by atoms with van der Waals surface area (Å²) in [5.74, 6) is 1.18. The highest BCUT2D eigenvalue weighted by Crippen LogP contribution is 2.45. The third-order valence-corrected chi connectivity index (χ3v) is 18.7. The van der Waals surface area contributed by atoms with E-state index in [4.69, 9.17) is 15.0 Å². The van der Waals surface area contributed by atoms with Crippen LogP contribution in [0.1, 0.15) is 16.7 Å². The van der Waals surface area contributed by atoms with Gasteiger partial charge in [-0.1, -0.05) is 218 Å². The normalized spacial score (nSPS) is 11.2. The first-order valence-corrected chi connectivity index (χ1v) is 32.5. The summed E-state index contributed by atoms with van der Waals surface area (Å²) in [6, 6.07) is 120. The van der Waals surface area contributed by atoms with Crippen LogP contribution in [0.3, 0.4) is 0 Å². The van der Waals surface area contributed by atoms with Crippen LogP contribution >= 0.6 is 0 Å². The minimum absolute atomic E-state index is 0.390. The summed E-state index contributed by atoms with van der Waals surface area (Å²) in [5.41, 5.74) is 23.2. The molecule has 0 spiro atoms. The van der Waals surface area contributed by atoms with E-state index in [1.807, 2.05) is 115 Å². The fraction of sp³-hybridized carbons (Fsp3) is 0. The van der Waals surface area contributed by atoms with Gasteiger partial charge in [0, 0.05) is 38.2 Å². The van der Waals surface area contributed by atoms with Crippen molar-refractivity contribution in [3.63, 3.8) is 0 Å². The lowest BCUT2D eigenvalue weighted by atomic mass is 9.97. The van der Waals surface area contributed by atoms with Gasteiger partial charge in [-0.3, -0.25) is 0 Å². The van der Waals surface area contributed by atoms with E-state index in [-0.39, 0.29) is 0 Å². The third kappa shape index (κ3) is 10.5. The molecule has 8 heteroatoms. The van der Waals surface area contributed by atoms with Gasteiger partial charge in [0.1, 0.15) is 0 Å². The number of hydrogen-bond acceptors (Lipinski definition) is 6. The molecule has 14 aromatic carbocycles. The number of nitrogens with zero attached hydrogens (tertiary/aromatic N) is 8. The molecule has 0 N–H and O–H groups in total. The highest BCUT2D eigenvalue weighted by Gasteiger charge is 2.26. The Labute approximate surface area is 566 Å². The second-order valence-electron chi connectivity index (χ2n) is 24.5. The van der Waals surface area contributed by atoms with Crippen molar-refractivity contribution < 1.29 is 0 Å². The second kappa shape index (κ2) is 24.6. The molecule has 0 saturated carbocycles. The van der Waals surface area contributed by atoms with Gasteiger partial charge in [-0.25, -0.2) is 15.0 Å². The topological polar surface area (TPSA) is 120 Å². The lowest BCUT2D eigenvalue weighted by molar-refractivity contribution is 1.06. The number of hydrogen-bond donors (Lipinski definition) is 0. The van der Waals surface area contributed by atoms with E-state index in [2.05, 4.69) is 240 Å². The van der Waals surface area contributed by atoms with Gasteiger partial charge in [-0.05, 0) is 187 Å². The molecule has 3 heterocycles. The summed E-state index contributed by atoms with van der Waals surface area (Å²) in [7, 11) is 0. The van der Waals surface area contributed by atoms with E-state index >= 15 is 0 Å². The van der Waals surface area contributed by atoms with E-state index in [0.717, 1.165) is 138 Å². The fourth-order valence-corrected chi connectivity index (χ4v) is 13.9. The van der Waals surface area contributed by atoms with E-state index in [1.165, 1.54) is 0 Å². The van der Waals surface area contributed by atoms with Crippen molar-refractivity contribution in [1.29, 1.82) is 15.8 Å². The predicted molar refractivity (Wildman–Crippen MR) is 397 cm³/mol. The monoisotopic (exact) mass is 1250 g/mol. The zero-order valence-electron chi connectivity index (χ0n) is 52.8. The van der Waals surface area contributed by atoms with Gasteiger partial charge in [0.15, 0.2) is 17.5 Å². The van der Waals surface area contributed by atoms with Gasteiger partial charge in [0.05, 0.1) is 68.3 Å².